The van der Waals surface area contributed by atoms with E-state index in [0.29, 0.717) is 23.8 Å². The van der Waals surface area contributed by atoms with E-state index in [-0.39, 0.29) is 24.3 Å². The van der Waals surface area contributed by atoms with Gasteiger partial charge in [0.05, 0.1) is 25.3 Å². The molecule has 2 amide bonds. The quantitative estimate of drug-likeness (QED) is 0.700. The smallest absolute Gasteiger partial charge is 0.228 e. The molecule has 0 radical (unpaired) electrons. The van der Waals surface area contributed by atoms with Crippen LogP contribution in [0.5, 0.6) is 5.75 Å². The fourth-order valence-electron chi connectivity index (χ4n) is 4.15. The number of likely N-dealkylation sites (tertiary alicyclic amines) is 1. The first-order valence-corrected chi connectivity index (χ1v) is 11.4. The number of rotatable bonds is 8. The van der Waals surface area contributed by atoms with E-state index in [4.69, 9.17) is 4.74 Å². The van der Waals surface area contributed by atoms with Crippen LogP contribution in [0.3, 0.4) is 0 Å². The molecule has 2 fully saturated rings. The number of amides is 2. The Morgan fingerprint density at radius 3 is 2.83 bits per heavy atom. The van der Waals surface area contributed by atoms with Crippen molar-refractivity contribution in [3.05, 3.63) is 40.9 Å². The first kappa shape index (κ1) is 20.8. The Balaban J connectivity index is 1.38. The Kier molecular flexibility index (Phi) is 6.64. The molecule has 2 aromatic rings. The standard InChI is InChI=1S/C22H28N4O3S/c1-29-18-7-4-6-16(12-18)19(25-9-2-3-10-25)14-23-20(27)13-17-15-30-22(24-17)26-11-5-8-21(26)28/h4,6-7,12,15,19H,2-3,5,8-11,13-14H2,1H3,(H,23,27). The van der Waals surface area contributed by atoms with Crippen LogP contribution in [0.15, 0.2) is 29.6 Å². The van der Waals surface area contributed by atoms with Crippen LogP contribution >= 0.6 is 11.3 Å². The summed E-state index contributed by atoms with van der Waals surface area (Å²) in [6.07, 6.45) is 4.05. The van der Waals surface area contributed by atoms with Crippen molar-refractivity contribution in [1.82, 2.24) is 15.2 Å². The molecule has 3 heterocycles. The maximum atomic E-state index is 12.6. The molecule has 7 nitrogen and oxygen atoms in total. The molecule has 0 saturated carbocycles. The number of benzene rings is 1. The summed E-state index contributed by atoms with van der Waals surface area (Å²) in [6, 6.07) is 8.20. The monoisotopic (exact) mass is 428 g/mol. The fraction of sp³-hybridized carbons (Fsp3) is 0.500. The van der Waals surface area contributed by atoms with Gasteiger partial charge < -0.3 is 10.1 Å². The number of nitrogens with zero attached hydrogens (tertiary/aromatic N) is 3. The van der Waals surface area contributed by atoms with Crippen LogP contribution < -0.4 is 15.0 Å². The zero-order valence-corrected chi connectivity index (χ0v) is 18.1. The Bertz CT molecular complexity index is 894. The third kappa shape index (κ3) is 4.82. The van der Waals surface area contributed by atoms with Crippen molar-refractivity contribution in [1.29, 1.82) is 0 Å². The van der Waals surface area contributed by atoms with Gasteiger partial charge in [0, 0.05) is 24.9 Å². The van der Waals surface area contributed by atoms with E-state index >= 15 is 0 Å². The Morgan fingerprint density at radius 1 is 1.27 bits per heavy atom. The van der Waals surface area contributed by atoms with Gasteiger partial charge in [-0.15, -0.1) is 11.3 Å². The lowest BCUT2D eigenvalue weighted by atomic mass is 10.0. The molecule has 1 unspecified atom stereocenters. The van der Waals surface area contributed by atoms with E-state index in [9.17, 15) is 9.59 Å². The van der Waals surface area contributed by atoms with Crippen molar-refractivity contribution in [2.45, 2.75) is 38.1 Å². The number of ether oxygens (including phenoxy) is 1. The van der Waals surface area contributed by atoms with Crippen molar-refractivity contribution in [2.75, 3.05) is 38.2 Å². The Hall–Kier alpha value is -2.45. The predicted octanol–water partition coefficient (Wildman–Crippen LogP) is 2.77. The largest absolute Gasteiger partial charge is 0.497 e. The molecule has 1 atom stereocenters. The second kappa shape index (κ2) is 9.57. The molecule has 1 aromatic carbocycles. The lowest BCUT2D eigenvalue weighted by molar-refractivity contribution is -0.120. The molecule has 0 spiro atoms. The molecule has 2 aliphatic rings. The number of methoxy groups -OCH3 is 1. The number of anilines is 1. The molecule has 2 aliphatic heterocycles. The molecule has 0 bridgehead atoms. The van der Waals surface area contributed by atoms with Crippen LogP contribution in [0, 0.1) is 0 Å². The number of hydrogen-bond donors (Lipinski definition) is 1. The third-order valence-corrected chi connectivity index (χ3v) is 6.65. The summed E-state index contributed by atoms with van der Waals surface area (Å²) in [7, 11) is 1.67. The van der Waals surface area contributed by atoms with Crippen molar-refractivity contribution >= 4 is 28.3 Å². The third-order valence-electron chi connectivity index (χ3n) is 5.74. The van der Waals surface area contributed by atoms with Gasteiger partial charge in [0.25, 0.3) is 0 Å². The van der Waals surface area contributed by atoms with Gasteiger partial charge in [-0.1, -0.05) is 12.1 Å². The number of nitrogens with one attached hydrogen (secondary N) is 1. The van der Waals surface area contributed by atoms with Crippen LogP contribution in [-0.2, 0) is 16.0 Å². The lowest BCUT2D eigenvalue weighted by Gasteiger charge is -2.28. The molecule has 4 rings (SSSR count). The van der Waals surface area contributed by atoms with E-state index in [0.717, 1.165) is 37.4 Å². The zero-order chi connectivity index (χ0) is 20.9. The minimum atomic E-state index is -0.0494. The highest BCUT2D eigenvalue weighted by molar-refractivity contribution is 7.14. The van der Waals surface area contributed by atoms with Crippen LogP contribution in [0.1, 0.15) is 43.0 Å². The van der Waals surface area contributed by atoms with Gasteiger partial charge in [-0.05, 0) is 50.0 Å². The lowest BCUT2D eigenvalue weighted by Crippen LogP contribution is -2.37. The molecule has 30 heavy (non-hydrogen) atoms. The molecule has 1 N–H and O–H groups in total. The minimum absolute atomic E-state index is 0.0494. The van der Waals surface area contributed by atoms with Crippen LogP contribution in [0.4, 0.5) is 5.13 Å². The van der Waals surface area contributed by atoms with Gasteiger partial charge in [-0.2, -0.15) is 0 Å². The Labute approximate surface area is 181 Å². The number of carbonyl (C=O) groups is 2. The maximum Gasteiger partial charge on any atom is 0.228 e. The van der Waals surface area contributed by atoms with Crippen molar-refractivity contribution < 1.29 is 14.3 Å². The highest BCUT2D eigenvalue weighted by Crippen LogP contribution is 2.28. The van der Waals surface area contributed by atoms with Gasteiger partial charge in [0.2, 0.25) is 11.8 Å². The highest BCUT2D eigenvalue weighted by Gasteiger charge is 2.26. The van der Waals surface area contributed by atoms with Gasteiger partial charge >= 0.3 is 0 Å². The Morgan fingerprint density at radius 2 is 2.10 bits per heavy atom. The molecule has 2 saturated heterocycles. The van der Waals surface area contributed by atoms with E-state index < -0.39 is 0 Å². The minimum Gasteiger partial charge on any atom is -0.497 e. The topological polar surface area (TPSA) is 74.8 Å². The second-order valence-corrected chi connectivity index (χ2v) is 8.62. The first-order valence-electron chi connectivity index (χ1n) is 10.5. The van der Waals surface area contributed by atoms with Gasteiger partial charge in [-0.3, -0.25) is 19.4 Å². The van der Waals surface area contributed by atoms with E-state index in [1.807, 2.05) is 17.5 Å². The zero-order valence-electron chi connectivity index (χ0n) is 17.3. The summed E-state index contributed by atoms with van der Waals surface area (Å²) in [5, 5.41) is 5.67. The summed E-state index contributed by atoms with van der Waals surface area (Å²) >= 11 is 1.43. The summed E-state index contributed by atoms with van der Waals surface area (Å²) in [6.45, 7) is 3.34. The molecule has 1 aromatic heterocycles. The van der Waals surface area contributed by atoms with Crippen molar-refractivity contribution in [2.24, 2.45) is 0 Å². The predicted molar refractivity (Wildman–Crippen MR) is 117 cm³/mol. The summed E-state index contributed by atoms with van der Waals surface area (Å²) in [5.41, 5.74) is 1.87. The normalized spacial score (nSPS) is 18.0. The number of hydrogen-bond acceptors (Lipinski definition) is 6. The molecule has 0 aliphatic carbocycles. The molecular weight excluding hydrogens is 400 g/mol. The average Bonchev–Trinajstić information content (AvgIpc) is 3.51. The number of thiazole rings is 1. The van der Waals surface area contributed by atoms with Crippen molar-refractivity contribution in [3.63, 3.8) is 0 Å². The first-order chi connectivity index (χ1) is 14.6. The van der Waals surface area contributed by atoms with Gasteiger partial charge in [-0.25, -0.2) is 4.98 Å². The molecule has 160 valence electrons. The van der Waals surface area contributed by atoms with Crippen LogP contribution in [0.25, 0.3) is 0 Å². The number of carbonyl (C=O) groups excluding carboxylic acids is 2. The van der Waals surface area contributed by atoms with Crippen LogP contribution in [-0.4, -0.2) is 55.0 Å². The van der Waals surface area contributed by atoms with E-state index in [1.54, 1.807) is 12.0 Å². The van der Waals surface area contributed by atoms with Gasteiger partial charge in [0.15, 0.2) is 5.13 Å². The number of aromatic nitrogens is 1. The molecular formula is C22H28N4O3S. The highest BCUT2D eigenvalue weighted by atomic mass is 32.1. The average molecular weight is 429 g/mol. The summed E-state index contributed by atoms with van der Waals surface area (Å²) < 4.78 is 5.38. The van der Waals surface area contributed by atoms with Crippen LogP contribution in [0.2, 0.25) is 0 Å². The maximum absolute atomic E-state index is 12.6. The van der Waals surface area contributed by atoms with Gasteiger partial charge in [0.1, 0.15) is 5.75 Å². The van der Waals surface area contributed by atoms with E-state index in [1.165, 1.54) is 24.2 Å². The second-order valence-electron chi connectivity index (χ2n) is 7.79. The summed E-state index contributed by atoms with van der Waals surface area (Å²) in [5.74, 6) is 0.897. The molecule has 8 heteroatoms. The van der Waals surface area contributed by atoms with E-state index in [2.05, 4.69) is 27.3 Å². The SMILES string of the molecule is COc1cccc(C(CNC(=O)Cc2csc(N3CCCC3=O)n2)N2CCCC2)c1. The summed E-state index contributed by atoms with van der Waals surface area (Å²) in [4.78, 5) is 33.2. The fourth-order valence-corrected chi connectivity index (χ4v) is 5.02. The van der Waals surface area contributed by atoms with Crippen molar-refractivity contribution in [3.8, 4) is 5.75 Å².